The van der Waals surface area contributed by atoms with Crippen molar-refractivity contribution in [2.24, 2.45) is 0 Å². The summed E-state index contributed by atoms with van der Waals surface area (Å²) >= 11 is -6.37. The zero-order chi connectivity index (χ0) is 16.5. The number of alkyl halides is 4. The Kier molecular flexibility index (Phi) is 8.64. The fraction of sp³-hybridized carbons (Fsp3) is 0.500. The first-order valence-electron chi connectivity index (χ1n) is 4.93. The molecule has 0 aromatic carbocycles. The second-order valence-corrected chi connectivity index (χ2v) is 8.12. The normalized spacial score (nSPS) is 10.5. The van der Waals surface area contributed by atoms with Crippen LogP contribution in [0.1, 0.15) is 0 Å². The molecule has 0 aromatic rings. The predicted molar refractivity (Wildman–Crippen MR) is 54.0 cm³/mol. The van der Waals surface area contributed by atoms with E-state index in [4.69, 9.17) is 0 Å². The van der Waals surface area contributed by atoms with Gasteiger partial charge in [-0.2, -0.15) is 0 Å². The average Bonchev–Trinajstić information content (AvgIpc) is 2.46. The van der Waals surface area contributed by atoms with Crippen molar-refractivity contribution in [2.75, 3.05) is 26.7 Å². The fourth-order valence-electron chi connectivity index (χ4n) is 0.792. The molecule has 8 nitrogen and oxygen atoms in total. The van der Waals surface area contributed by atoms with Crippen LogP contribution in [0.2, 0.25) is 0 Å². The molecule has 120 valence electrons. The van der Waals surface area contributed by atoms with Gasteiger partial charge in [0.25, 0.3) is 0 Å². The summed E-state index contributed by atoms with van der Waals surface area (Å²) in [6.45, 7) is -7.31. The zero-order valence-corrected chi connectivity index (χ0v) is 13.0. The molecule has 0 radical (unpaired) electrons. The van der Waals surface area contributed by atoms with Crippen molar-refractivity contribution in [1.82, 2.24) is 0 Å². The van der Waals surface area contributed by atoms with Crippen LogP contribution in [0.25, 0.3) is 0 Å². The molecule has 0 atom stereocenters. The molecule has 0 N–H and O–H groups in total. The van der Waals surface area contributed by atoms with Gasteiger partial charge in [0, 0.05) is 0 Å². The van der Waals surface area contributed by atoms with Gasteiger partial charge in [-0.3, -0.25) is 0 Å². The summed E-state index contributed by atoms with van der Waals surface area (Å²) in [5, 5.41) is 0. The van der Waals surface area contributed by atoms with E-state index in [9.17, 15) is 36.7 Å². The predicted octanol–water partition coefficient (Wildman–Crippen LogP) is -0.527. The van der Waals surface area contributed by atoms with Crippen molar-refractivity contribution in [3.63, 3.8) is 0 Å². The molecule has 0 aliphatic carbocycles. The molecule has 0 aliphatic heterocycles. The van der Waals surface area contributed by atoms with Crippen LogP contribution < -0.4 is 0 Å². The summed E-state index contributed by atoms with van der Waals surface area (Å²) in [7, 11) is 0. The van der Waals surface area contributed by atoms with Gasteiger partial charge in [0.1, 0.15) is 0 Å². The summed E-state index contributed by atoms with van der Waals surface area (Å²) in [5.74, 6) is -7.24. The van der Waals surface area contributed by atoms with Crippen molar-refractivity contribution in [3.8, 4) is 0 Å². The van der Waals surface area contributed by atoms with E-state index in [1.807, 2.05) is 0 Å². The van der Waals surface area contributed by atoms with Crippen LogP contribution in [0.3, 0.4) is 0 Å². The third-order valence-electron chi connectivity index (χ3n) is 1.39. The molecule has 0 aromatic heterocycles. The number of rotatable bonds is 8. The summed E-state index contributed by atoms with van der Waals surface area (Å²) in [4.78, 5) is 43.3. The monoisotopic (exact) mass is 428 g/mol. The van der Waals surface area contributed by atoms with Crippen LogP contribution >= 0.6 is 0 Å². The van der Waals surface area contributed by atoms with E-state index in [1.165, 1.54) is 0 Å². The Morgan fingerprint density at radius 3 is 0.905 bits per heavy atom. The summed E-state index contributed by atoms with van der Waals surface area (Å²) < 4.78 is 64.6. The minimum absolute atomic E-state index is 1.81. The molecule has 0 bridgehead atoms. The summed E-state index contributed by atoms with van der Waals surface area (Å²) in [6.07, 6.45) is 0. The standard InChI is InChI=1S/4C2H3FO2.Sn/c4*3-1-2(4)5;/h4*1H2,(H,4,5);/q;;;;+4/p-4. The molecule has 0 aliphatic rings. The number of carbonyl (C=O) groups excluding carboxylic acids is 4. The Morgan fingerprint density at radius 2 is 0.762 bits per heavy atom. The second-order valence-electron chi connectivity index (χ2n) is 2.93. The van der Waals surface area contributed by atoms with Gasteiger partial charge >= 0.3 is 120 Å². The van der Waals surface area contributed by atoms with E-state index in [0.29, 0.717) is 0 Å². The van der Waals surface area contributed by atoms with Crippen LogP contribution in [0, 0.1) is 0 Å². The average molecular weight is 427 g/mol. The van der Waals surface area contributed by atoms with Crippen molar-refractivity contribution in [2.45, 2.75) is 0 Å². The quantitative estimate of drug-likeness (QED) is 0.377. The first-order chi connectivity index (χ1) is 9.82. The van der Waals surface area contributed by atoms with Gasteiger partial charge in [-0.25, -0.2) is 0 Å². The first kappa shape index (κ1) is 19.4. The molecular weight excluding hydrogens is 419 g/mol. The molecule has 0 fully saturated rings. The van der Waals surface area contributed by atoms with E-state index < -0.39 is 70.6 Å². The molecule has 0 saturated carbocycles. The van der Waals surface area contributed by atoms with Crippen molar-refractivity contribution in [1.29, 1.82) is 0 Å². The van der Waals surface area contributed by atoms with E-state index in [0.717, 1.165) is 0 Å². The van der Waals surface area contributed by atoms with Gasteiger partial charge in [0.2, 0.25) is 0 Å². The molecule has 21 heavy (non-hydrogen) atoms. The van der Waals surface area contributed by atoms with Crippen molar-refractivity contribution in [3.05, 3.63) is 0 Å². The molecule has 0 rings (SSSR count). The molecule has 0 unspecified atom stereocenters. The SMILES string of the molecule is O=C(CF)[O][Sn]([O]C(=O)CF)([O]C(=O)CF)[O]C(=O)CF. The van der Waals surface area contributed by atoms with E-state index in [-0.39, 0.29) is 0 Å². The maximum absolute atomic E-state index is 12.1. The van der Waals surface area contributed by atoms with Gasteiger partial charge in [-0.1, -0.05) is 0 Å². The Labute approximate surface area is 120 Å². The van der Waals surface area contributed by atoms with Crippen LogP contribution in [-0.2, 0) is 31.5 Å². The molecule has 0 heterocycles. The van der Waals surface area contributed by atoms with Crippen LogP contribution in [0.5, 0.6) is 0 Å². The number of hydrogen-bond donors (Lipinski definition) is 0. The molecule has 0 spiro atoms. The Bertz CT molecular complexity index is 340. The van der Waals surface area contributed by atoms with Gasteiger partial charge in [-0.15, -0.1) is 0 Å². The van der Waals surface area contributed by atoms with Gasteiger partial charge in [-0.05, 0) is 0 Å². The van der Waals surface area contributed by atoms with Crippen molar-refractivity contribution >= 4 is 43.9 Å². The summed E-state index contributed by atoms with van der Waals surface area (Å²) in [5.41, 5.74) is 0. The third-order valence-corrected chi connectivity index (χ3v) is 6.85. The third kappa shape index (κ3) is 7.10. The molecule has 13 heteroatoms. The topological polar surface area (TPSA) is 105 Å². The number of carbonyl (C=O) groups is 4. The van der Waals surface area contributed by atoms with Crippen molar-refractivity contribution < 1.29 is 49.0 Å². The molecule has 0 saturated heterocycles. The maximum atomic E-state index is 12.1. The van der Waals surface area contributed by atoms with Gasteiger partial charge in [0.05, 0.1) is 0 Å². The minimum atomic E-state index is -6.37. The van der Waals surface area contributed by atoms with Crippen LogP contribution in [0.4, 0.5) is 17.6 Å². The second kappa shape index (κ2) is 9.36. The Hall–Kier alpha value is -1.60. The Balaban J connectivity index is 5.43. The van der Waals surface area contributed by atoms with Crippen LogP contribution in [0.15, 0.2) is 0 Å². The summed E-state index contributed by atoms with van der Waals surface area (Å²) in [6, 6.07) is 0. The van der Waals surface area contributed by atoms with Gasteiger partial charge < -0.3 is 0 Å². The fourth-order valence-corrected chi connectivity index (χ4v) is 5.31. The molecular formula is C8H8F4O8Sn. The van der Waals surface area contributed by atoms with Crippen LogP contribution in [-0.4, -0.2) is 70.6 Å². The number of halogens is 4. The first-order valence-corrected chi connectivity index (χ1v) is 9.59. The van der Waals surface area contributed by atoms with E-state index in [1.54, 1.807) is 0 Å². The zero-order valence-electron chi connectivity index (χ0n) is 10.1. The molecule has 0 amide bonds. The van der Waals surface area contributed by atoms with Gasteiger partial charge in [0.15, 0.2) is 0 Å². The van der Waals surface area contributed by atoms with E-state index >= 15 is 0 Å². The number of hydrogen-bond acceptors (Lipinski definition) is 8. The van der Waals surface area contributed by atoms with E-state index in [2.05, 4.69) is 12.3 Å². The Morgan fingerprint density at radius 1 is 0.571 bits per heavy atom.